The van der Waals surface area contributed by atoms with Crippen molar-refractivity contribution in [2.45, 2.75) is 58.1 Å². The minimum atomic E-state index is -0.750. The fraction of sp³-hybridized carbons (Fsp3) is 0.424. The largest absolute Gasteiger partial charge is 0.528 e. The smallest absolute Gasteiger partial charge is 0.465 e. The number of carbonyl (C=O) groups is 3. The molecule has 0 N–H and O–H groups in total. The van der Waals surface area contributed by atoms with Crippen LogP contribution in [0.3, 0.4) is 0 Å². The van der Waals surface area contributed by atoms with E-state index in [4.69, 9.17) is 14.3 Å². The molecular formula is C33H38N2O6S. The zero-order valence-corrected chi connectivity index (χ0v) is 25.0. The predicted molar refractivity (Wildman–Crippen MR) is 162 cm³/mol. The maximum atomic E-state index is 14.3. The van der Waals surface area contributed by atoms with Gasteiger partial charge in [-0.2, -0.15) is 0 Å². The average Bonchev–Trinajstić information content (AvgIpc) is 3.47. The SMILES string of the molecule is COC(=O)c1sc(-c2ccccc2)cc1N(C(=O)C1CCC(C)CC1)C1CCN(OC(=O)OCc2ccccc2)CC1. The molecule has 1 saturated carbocycles. The van der Waals surface area contributed by atoms with Gasteiger partial charge >= 0.3 is 12.1 Å². The monoisotopic (exact) mass is 590 g/mol. The van der Waals surface area contributed by atoms with E-state index in [0.717, 1.165) is 41.7 Å². The number of hydroxylamine groups is 2. The Morgan fingerprint density at radius 1 is 0.905 bits per heavy atom. The minimum absolute atomic E-state index is 0.0612. The van der Waals surface area contributed by atoms with E-state index in [1.807, 2.05) is 71.6 Å². The third-order valence-electron chi connectivity index (χ3n) is 8.20. The molecule has 2 heterocycles. The van der Waals surface area contributed by atoms with Crippen LogP contribution in [-0.2, 0) is 25.7 Å². The van der Waals surface area contributed by atoms with Crippen molar-refractivity contribution in [1.29, 1.82) is 0 Å². The van der Waals surface area contributed by atoms with Crippen molar-refractivity contribution in [2.75, 3.05) is 25.1 Å². The van der Waals surface area contributed by atoms with Gasteiger partial charge in [0.05, 0.1) is 12.8 Å². The lowest BCUT2D eigenvalue weighted by Gasteiger charge is -2.39. The van der Waals surface area contributed by atoms with Crippen LogP contribution in [-0.4, -0.2) is 49.3 Å². The van der Waals surface area contributed by atoms with Gasteiger partial charge in [-0.15, -0.1) is 16.4 Å². The Morgan fingerprint density at radius 3 is 2.19 bits per heavy atom. The zero-order valence-electron chi connectivity index (χ0n) is 24.2. The lowest BCUT2D eigenvalue weighted by atomic mass is 9.82. The lowest BCUT2D eigenvalue weighted by Crippen LogP contribution is -2.50. The van der Waals surface area contributed by atoms with E-state index >= 15 is 0 Å². The molecule has 0 bridgehead atoms. The summed E-state index contributed by atoms with van der Waals surface area (Å²) in [6.45, 7) is 3.26. The number of rotatable bonds is 8. The third-order valence-corrected chi connectivity index (χ3v) is 9.35. The van der Waals surface area contributed by atoms with Gasteiger partial charge < -0.3 is 19.2 Å². The Kier molecular flexibility index (Phi) is 9.92. The van der Waals surface area contributed by atoms with Crippen molar-refractivity contribution >= 4 is 35.1 Å². The van der Waals surface area contributed by atoms with Crippen molar-refractivity contribution in [2.24, 2.45) is 11.8 Å². The van der Waals surface area contributed by atoms with Gasteiger partial charge in [-0.3, -0.25) is 4.79 Å². The molecule has 1 amide bonds. The van der Waals surface area contributed by atoms with E-state index in [-0.39, 0.29) is 24.5 Å². The average molecular weight is 591 g/mol. The van der Waals surface area contributed by atoms with Crippen LogP contribution in [0.15, 0.2) is 66.7 Å². The van der Waals surface area contributed by atoms with Crippen molar-refractivity contribution in [1.82, 2.24) is 5.06 Å². The number of thiophene rings is 1. The highest BCUT2D eigenvalue weighted by Gasteiger charge is 2.38. The van der Waals surface area contributed by atoms with E-state index in [9.17, 15) is 14.4 Å². The predicted octanol–water partition coefficient (Wildman–Crippen LogP) is 7.09. The van der Waals surface area contributed by atoms with Gasteiger partial charge in [0.15, 0.2) is 0 Å². The first-order valence-electron chi connectivity index (χ1n) is 14.7. The van der Waals surface area contributed by atoms with Crippen molar-refractivity contribution in [3.8, 4) is 10.4 Å². The highest BCUT2D eigenvalue weighted by molar-refractivity contribution is 7.18. The standard InChI is InChI=1S/C33H38N2O6S/c1-23-13-15-26(16-14-23)31(36)35(28-21-29(25-11-7-4-8-12-25)42-30(28)32(37)39-2)27-17-19-34(20-18-27)41-33(38)40-22-24-9-5-3-6-10-24/h3-12,21,23,26-27H,13-20,22H2,1-2H3. The number of methoxy groups -OCH3 is 1. The van der Waals surface area contributed by atoms with E-state index in [1.54, 1.807) is 5.06 Å². The van der Waals surface area contributed by atoms with Crippen LogP contribution in [0.1, 0.15) is 60.7 Å². The summed E-state index contributed by atoms with van der Waals surface area (Å²) in [7, 11) is 1.37. The van der Waals surface area contributed by atoms with Crippen LogP contribution in [0.2, 0.25) is 0 Å². The summed E-state index contributed by atoms with van der Waals surface area (Å²) in [6, 6.07) is 21.1. The third kappa shape index (κ3) is 7.20. The summed E-state index contributed by atoms with van der Waals surface area (Å²) in [5.74, 6) is 0.135. The lowest BCUT2D eigenvalue weighted by molar-refractivity contribution is -0.142. The molecule has 2 fully saturated rings. The molecule has 8 nitrogen and oxygen atoms in total. The number of nitrogens with zero attached hydrogens (tertiary/aromatic N) is 2. The number of hydrogen-bond acceptors (Lipinski definition) is 8. The fourth-order valence-corrected chi connectivity index (χ4v) is 6.86. The molecule has 1 saturated heterocycles. The van der Waals surface area contributed by atoms with Crippen LogP contribution in [0.5, 0.6) is 0 Å². The summed E-state index contributed by atoms with van der Waals surface area (Å²) >= 11 is 1.35. The molecule has 1 aromatic heterocycles. The van der Waals surface area contributed by atoms with Gasteiger partial charge in [0, 0.05) is 29.9 Å². The van der Waals surface area contributed by atoms with Crippen molar-refractivity contribution in [3.63, 3.8) is 0 Å². The molecule has 0 radical (unpaired) electrons. The van der Waals surface area contributed by atoms with Gasteiger partial charge in [-0.1, -0.05) is 67.6 Å². The maximum Gasteiger partial charge on any atom is 0.528 e. The first-order chi connectivity index (χ1) is 20.4. The molecule has 0 atom stereocenters. The Balaban J connectivity index is 1.34. The van der Waals surface area contributed by atoms with Crippen LogP contribution >= 0.6 is 11.3 Å². The van der Waals surface area contributed by atoms with E-state index < -0.39 is 12.1 Å². The molecule has 0 unspecified atom stereocenters. The molecule has 1 aliphatic heterocycles. The van der Waals surface area contributed by atoms with Crippen LogP contribution in [0.4, 0.5) is 10.5 Å². The van der Waals surface area contributed by atoms with Crippen LogP contribution < -0.4 is 4.90 Å². The summed E-state index contributed by atoms with van der Waals surface area (Å²) in [5, 5.41) is 1.60. The Labute approximate surface area is 251 Å². The first-order valence-corrected chi connectivity index (χ1v) is 15.5. The highest BCUT2D eigenvalue weighted by Crippen LogP contribution is 2.41. The maximum absolute atomic E-state index is 14.3. The van der Waals surface area contributed by atoms with Gasteiger partial charge in [-0.05, 0) is 61.6 Å². The number of ether oxygens (including phenoxy) is 2. The number of benzene rings is 2. The molecule has 1 aliphatic carbocycles. The number of esters is 1. The summed E-state index contributed by atoms with van der Waals surface area (Å²) in [6.07, 6.45) is 4.13. The Hall–Kier alpha value is -3.69. The fourth-order valence-electron chi connectivity index (χ4n) is 5.78. The second kappa shape index (κ2) is 14.0. The molecule has 0 spiro atoms. The summed E-state index contributed by atoms with van der Waals surface area (Å²) in [5.41, 5.74) is 2.47. The second-order valence-corrected chi connectivity index (χ2v) is 12.2. The number of amides is 1. The highest BCUT2D eigenvalue weighted by atomic mass is 32.1. The molecule has 42 heavy (non-hydrogen) atoms. The van der Waals surface area contributed by atoms with E-state index in [0.29, 0.717) is 42.4 Å². The Morgan fingerprint density at radius 2 is 1.55 bits per heavy atom. The topological polar surface area (TPSA) is 85.4 Å². The first kappa shape index (κ1) is 29.8. The molecule has 3 aromatic rings. The van der Waals surface area contributed by atoms with Crippen molar-refractivity contribution in [3.05, 3.63) is 77.2 Å². The number of carbonyl (C=O) groups excluding carboxylic acids is 3. The van der Waals surface area contributed by atoms with Crippen molar-refractivity contribution < 1.29 is 28.7 Å². The van der Waals surface area contributed by atoms with Gasteiger partial charge in [0.25, 0.3) is 0 Å². The summed E-state index contributed by atoms with van der Waals surface area (Å²) < 4.78 is 10.5. The van der Waals surface area contributed by atoms with E-state index in [1.165, 1.54) is 18.4 Å². The Bertz CT molecular complexity index is 1350. The molecule has 5 rings (SSSR count). The number of anilines is 1. The minimum Gasteiger partial charge on any atom is -0.465 e. The number of hydrogen-bond donors (Lipinski definition) is 0. The van der Waals surface area contributed by atoms with E-state index in [2.05, 4.69) is 6.92 Å². The van der Waals surface area contributed by atoms with Gasteiger partial charge in [0.1, 0.15) is 11.5 Å². The normalized spacial score (nSPS) is 19.6. The zero-order chi connectivity index (χ0) is 29.5. The molecule has 2 aliphatic rings. The van der Waals surface area contributed by atoms with Crippen LogP contribution in [0.25, 0.3) is 10.4 Å². The number of piperidine rings is 1. The van der Waals surface area contributed by atoms with Gasteiger partial charge in [0.2, 0.25) is 5.91 Å². The molecular weight excluding hydrogens is 552 g/mol. The second-order valence-electron chi connectivity index (χ2n) is 11.1. The molecule has 222 valence electrons. The molecule has 2 aromatic carbocycles. The molecule has 9 heteroatoms. The van der Waals surface area contributed by atoms with Crippen LogP contribution in [0, 0.1) is 11.8 Å². The summed E-state index contributed by atoms with van der Waals surface area (Å²) in [4.78, 5) is 48.3. The quantitative estimate of drug-likeness (QED) is 0.259. The van der Waals surface area contributed by atoms with Gasteiger partial charge in [-0.25, -0.2) is 9.59 Å².